The monoisotopic (exact) mass is 297 g/mol. The molecule has 1 aromatic carbocycles. The smallest absolute Gasteiger partial charge is 0.410 e. The first kappa shape index (κ1) is 15.7. The van der Waals surface area contributed by atoms with Crippen molar-refractivity contribution < 1.29 is 18.3 Å². The van der Waals surface area contributed by atoms with Crippen LogP contribution >= 0.6 is 0 Å². The van der Waals surface area contributed by atoms with Gasteiger partial charge in [0.25, 0.3) is 0 Å². The third-order valence-electron chi connectivity index (χ3n) is 3.57. The van der Waals surface area contributed by atoms with Gasteiger partial charge in [0.2, 0.25) is 6.43 Å². The van der Waals surface area contributed by atoms with E-state index in [0.29, 0.717) is 0 Å². The standard InChI is InChI=1S/C16H21F2NO2/c1-16(2,3)21-15(20)19-9-12(13(10-19)14(17)18)11-7-5-4-6-8-11/h4-8,12-14H,9-10H2,1-3H3. The molecule has 116 valence electrons. The van der Waals surface area contributed by atoms with E-state index in [-0.39, 0.29) is 19.0 Å². The average molecular weight is 297 g/mol. The SMILES string of the molecule is CC(C)(C)OC(=O)N1CC(c2ccccc2)C(C(F)F)C1. The van der Waals surface area contributed by atoms with Crippen molar-refractivity contribution in [3.8, 4) is 0 Å². The number of likely N-dealkylation sites (tertiary alicyclic amines) is 1. The van der Waals surface area contributed by atoms with Gasteiger partial charge in [-0.1, -0.05) is 30.3 Å². The minimum Gasteiger partial charge on any atom is -0.444 e. The molecule has 2 unspecified atom stereocenters. The lowest BCUT2D eigenvalue weighted by Crippen LogP contribution is -2.35. The van der Waals surface area contributed by atoms with Gasteiger partial charge in [-0.05, 0) is 26.3 Å². The van der Waals surface area contributed by atoms with E-state index in [2.05, 4.69) is 0 Å². The Kier molecular flexibility index (Phi) is 4.49. The zero-order valence-corrected chi connectivity index (χ0v) is 12.6. The molecule has 0 radical (unpaired) electrons. The molecular weight excluding hydrogens is 276 g/mol. The van der Waals surface area contributed by atoms with Gasteiger partial charge in [-0.15, -0.1) is 0 Å². The van der Waals surface area contributed by atoms with E-state index in [1.807, 2.05) is 30.3 Å². The number of amides is 1. The van der Waals surface area contributed by atoms with Crippen LogP contribution in [-0.4, -0.2) is 36.1 Å². The Morgan fingerprint density at radius 2 is 1.86 bits per heavy atom. The minimum absolute atomic E-state index is 0.0339. The molecule has 5 heteroatoms. The van der Waals surface area contributed by atoms with Gasteiger partial charge in [0.15, 0.2) is 0 Å². The number of benzene rings is 1. The molecule has 1 fully saturated rings. The van der Waals surface area contributed by atoms with Gasteiger partial charge in [0.05, 0.1) is 0 Å². The summed E-state index contributed by atoms with van der Waals surface area (Å²) in [6.07, 6.45) is -2.98. The number of ether oxygens (including phenoxy) is 1. The first-order valence-electron chi connectivity index (χ1n) is 7.09. The summed E-state index contributed by atoms with van der Waals surface area (Å²) in [5.74, 6) is -1.20. The molecule has 1 amide bonds. The highest BCUT2D eigenvalue weighted by atomic mass is 19.3. The van der Waals surface area contributed by atoms with Crippen molar-refractivity contribution in [2.24, 2.45) is 5.92 Å². The van der Waals surface area contributed by atoms with Crippen molar-refractivity contribution in [1.82, 2.24) is 4.90 Å². The van der Waals surface area contributed by atoms with Crippen molar-refractivity contribution in [3.63, 3.8) is 0 Å². The zero-order valence-electron chi connectivity index (χ0n) is 12.6. The fourth-order valence-electron chi connectivity index (χ4n) is 2.61. The van der Waals surface area contributed by atoms with E-state index < -0.39 is 24.0 Å². The van der Waals surface area contributed by atoms with E-state index >= 15 is 0 Å². The lowest BCUT2D eigenvalue weighted by atomic mass is 9.89. The quantitative estimate of drug-likeness (QED) is 0.828. The van der Waals surface area contributed by atoms with Crippen LogP contribution in [0.4, 0.5) is 13.6 Å². The summed E-state index contributed by atoms with van der Waals surface area (Å²) >= 11 is 0. The van der Waals surface area contributed by atoms with Crippen LogP contribution in [0, 0.1) is 5.92 Å². The topological polar surface area (TPSA) is 29.5 Å². The molecule has 1 saturated heterocycles. The van der Waals surface area contributed by atoms with Gasteiger partial charge in [-0.3, -0.25) is 0 Å². The molecule has 1 aliphatic rings. The molecule has 0 saturated carbocycles. The van der Waals surface area contributed by atoms with E-state index in [1.165, 1.54) is 4.90 Å². The summed E-state index contributed by atoms with van der Waals surface area (Å²) in [5, 5.41) is 0. The summed E-state index contributed by atoms with van der Waals surface area (Å²) in [4.78, 5) is 13.5. The largest absolute Gasteiger partial charge is 0.444 e. The third-order valence-corrected chi connectivity index (χ3v) is 3.57. The molecule has 0 N–H and O–H groups in total. The average Bonchev–Trinajstić information content (AvgIpc) is 2.83. The molecule has 1 aromatic rings. The molecule has 1 aliphatic heterocycles. The van der Waals surface area contributed by atoms with Gasteiger partial charge in [0.1, 0.15) is 5.60 Å². The Bertz CT molecular complexity index is 485. The van der Waals surface area contributed by atoms with Crippen LogP contribution in [0.15, 0.2) is 30.3 Å². The van der Waals surface area contributed by atoms with Crippen LogP contribution in [0.1, 0.15) is 32.3 Å². The van der Waals surface area contributed by atoms with E-state index in [1.54, 1.807) is 20.8 Å². The van der Waals surface area contributed by atoms with Crippen LogP contribution in [0.3, 0.4) is 0 Å². The lowest BCUT2D eigenvalue weighted by molar-refractivity contribution is 0.0254. The summed E-state index contributed by atoms with van der Waals surface area (Å²) in [7, 11) is 0. The van der Waals surface area contributed by atoms with Crippen LogP contribution in [0.2, 0.25) is 0 Å². The summed E-state index contributed by atoms with van der Waals surface area (Å²) < 4.78 is 31.8. The van der Waals surface area contributed by atoms with Crippen LogP contribution < -0.4 is 0 Å². The van der Waals surface area contributed by atoms with Crippen molar-refractivity contribution in [2.75, 3.05) is 13.1 Å². The normalized spacial score (nSPS) is 22.7. The molecule has 2 atom stereocenters. The van der Waals surface area contributed by atoms with Gasteiger partial charge >= 0.3 is 6.09 Å². The maximum Gasteiger partial charge on any atom is 0.410 e. The fourth-order valence-corrected chi connectivity index (χ4v) is 2.61. The minimum atomic E-state index is -2.46. The number of halogens is 2. The highest BCUT2D eigenvalue weighted by Crippen LogP contribution is 2.36. The molecule has 0 aliphatic carbocycles. The highest BCUT2D eigenvalue weighted by molar-refractivity contribution is 5.68. The second-order valence-electron chi connectivity index (χ2n) is 6.40. The van der Waals surface area contributed by atoms with Crippen molar-refractivity contribution >= 4 is 6.09 Å². The summed E-state index contributed by atoms with van der Waals surface area (Å²) in [6, 6.07) is 9.17. The number of alkyl halides is 2. The Hall–Kier alpha value is -1.65. The number of rotatable bonds is 2. The Balaban J connectivity index is 2.14. The van der Waals surface area contributed by atoms with E-state index in [9.17, 15) is 13.6 Å². The molecule has 0 bridgehead atoms. The molecule has 0 spiro atoms. The Labute approximate surface area is 123 Å². The van der Waals surface area contributed by atoms with Gasteiger partial charge in [0, 0.05) is 24.9 Å². The second-order valence-corrected chi connectivity index (χ2v) is 6.40. The number of hydrogen-bond donors (Lipinski definition) is 0. The molecule has 21 heavy (non-hydrogen) atoms. The highest BCUT2D eigenvalue weighted by Gasteiger charge is 2.42. The fraction of sp³-hybridized carbons (Fsp3) is 0.562. The van der Waals surface area contributed by atoms with Gasteiger partial charge in [-0.25, -0.2) is 13.6 Å². The van der Waals surface area contributed by atoms with Crippen molar-refractivity contribution in [1.29, 1.82) is 0 Å². The maximum atomic E-state index is 13.3. The van der Waals surface area contributed by atoms with Crippen LogP contribution in [-0.2, 0) is 4.74 Å². The molecule has 3 nitrogen and oxygen atoms in total. The summed E-state index contributed by atoms with van der Waals surface area (Å²) in [5.41, 5.74) is 0.219. The van der Waals surface area contributed by atoms with Crippen LogP contribution in [0.25, 0.3) is 0 Å². The predicted octanol–water partition coefficient (Wildman–Crippen LogP) is 3.90. The molecule has 1 heterocycles. The number of hydrogen-bond acceptors (Lipinski definition) is 2. The van der Waals surface area contributed by atoms with E-state index in [4.69, 9.17) is 4.74 Å². The lowest BCUT2D eigenvalue weighted by Gasteiger charge is -2.24. The Morgan fingerprint density at radius 3 is 2.38 bits per heavy atom. The van der Waals surface area contributed by atoms with E-state index in [0.717, 1.165) is 5.56 Å². The zero-order chi connectivity index (χ0) is 15.6. The first-order chi connectivity index (χ1) is 9.78. The molecule has 0 aromatic heterocycles. The van der Waals surface area contributed by atoms with Crippen molar-refractivity contribution in [3.05, 3.63) is 35.9 Å². The maximum absolute atomic E-state index is 13.3. The second kappa shape index (κ2) is 6.00. The van der Waals surface area contributed by atoms with Crippen LogP contribution in [0.5, 0.6) is 0 Å². The predicted molar refractivity (Wildman–Crippen MR) is 76.5 cm³/mol. The number of carbonyl (C=O) groups is 1. The van der Waals surface area contributed by atoms with Gasteiger partial charge < -0.3 is 9.64 Å². The first-order valence-corrected chi connectivity index (χ1v) is 7.09. The van der Waals surface area contributed by atoms with Crippen molar-refractivity contribution in [2.45, 2.75) is 38.7 Å². The molecule has 2 rings (SSSR count). The summed E-state index contributed by atoms with van der Waals surface area (Å²) in [6.45, 7) is 5.60. The number of nitrogens with zero attached hydrogens (tertiary/aromatic N) is 1. The molecular formula is C16H21F2NO2. The van der Waals surface area contributed by atoms with Gasteiger partial charge in [-0.2, -0.15) is 0 Å². The number of carbonyl (C=O) groups excluding carboxylic acids is 1. The Morgan fingerprint density at radius 1 is 1.24 bits per heavy atom. The third kappa shape index (κ3) is 3.93.